The molecule has 1 fully saturated rings. The van der Waals surface area contributed by atoms with Gasteiger partial charge in [0.05, 0.1) is 24.2 Å². The van der Waals surface area contributed by atoms with Crippen molar-refractivity contribution in [2.24, 2.45) is 0 Å². The van der Waals surface area contributed by atoms with E-state index >= 15 is 0 Å². The summed E-state index contributed by atoms with van der Waals surface area (Å²) in [4.78, 5) is 13.8. The number of aliphatic hydroxyl groups is 1. The Morgan fingerprint density at radius 2 is 2.14 bits per heavy atom. The lowest BCUT2D eigenvalue weighted by molar-refractivity contribution is 0.275. The van der Waals surface area contributed by atoms with Crippen molar-refractivity contribution in [3.05, 3.63) is 17.7 Å². The summed E-state index contributed by atoms with van der Waals surface area (Å²) in [5.41, 5.74) is 1.76. The third kappa shape index (κ3) is 3.71. The van der Waals surface area contributed by atoms with Gasteiger partial charge in [-0.2, -0.15) is 0 Å². The quantitative estimate of drug-likeness (QED) is 0.920. The molecule has 1 aromatic heterocycles. The van der Waals surface area contributed by atoms with Crippen molar-refractivity contribution in [2.45, 2.75) is 52.2 Å². The summed E-state index contributed by atoms with van der Waals surface area (Å²) >= 11 is 0. The second-order valence-electron chi connectivity index (χ2n) is 6.24. The summed E-state index contributed by atoms with van der Waals surface area (Å²) in [5, 5.41) is 9.71. The molecule has 0 spiro atoms. The zero-order chi connectivity index (χ0) is 15.4. The number of hydrogen-bond donors (Lipinski definition) is 1. The summed E-state index contributed by atoms with van der Waals surface area (Å²) in [6.07, 6.45) is 4.12. The van der Waals surface area contributed by atoms with Crippen LogP contribution in [0.15, 0.2) is 6.20 Å². The lowest BCUT2D eigenvalue weighted by Gasteiger charge is -2.33. The summed E-state index contributed by atoms with van der Waals surface area (Å²) in [5.74, 6) is 1.09. The van der Waals surface area contributed by atoms with Crippen molar-refractivity contribution in [1.82, 2.24) is 14.9 Å². The molecule has 1 saturated heterocycles. The molecule has 0 bridgehead atoms. The Morgan fingerprint density at radius 1 is 1.38 bits per heavy atom. The van der Waals surface area contributed by atoms with Gasteiger partial charge in [-0.3, -0.25) is 0 Å². The predicted molar refractivity (Wildman–Crippen MR) is 85.6 cm³/mol. The highest BCUT2D eigenvalue weighted by Crippen LogP contribution is 2.25. The molecular formula is C16H28N4O. The van der Waals surface area contributed by atoms with Crippen LogP contribution >= 0.6 is 0 Å². The second kappa shape index (κ2) is 7.18. The van der Waals surface area contributed by atoms with Crippen LogP contribution in [0.5, 0.6) is 0 Å². The SMILES string of the molecule is CCC1CN(C)CCCN1c1cnc(C(C)C)nc1CO. The van der Waals surface area contributed by atoms with Crippen LogP contribution in [0.25, 0.3) is 0 Å². The molecule has 1 aliphatic heterocycles. The molecule has 5 nitrogen and oxygen atoms in total. The standard InChI is InChI=1S/C16H28N4O/c1-5-13-10-19(4)7-6-8-20(13)15-9-17-16(12(2)3)18-14(15)11-21/h9,12-13,21H,5-8,10-11H2,1-4H3. The van der Waals surface area contributed by atoms with E-state index in [1.807, 2.05) is 6.20 Å². The number of likely N-dealkylation sites (N-methyl/N-ethyl adjacent to an activating group) is 1. The molecule has 1 atom stereocenters. The van der Waals surface area contributed by atoms with Gasteiger partial charge >= 0.3 is 0 Å². The van der Waals surface area contributed by atoms with Gasteiger partial charge < -0.3 is 14.9 Å². The Morgan fingerprint density at radius 3 is 2.76 bits per heavy atom. The molecular weight excluding hydrogens is 264 g/mol. The van der Waals surface area contributed by atoms with Gasteiger partial charge in [0.25, 0.3) is 0 Å². The van der Waals surface area contributed by atoms with E-state index in [-0.39, 0.29) is 12.5 Å². The van der Waals surface area contributed by atoms with Crippen molar-refractivity contribution >= 4 is 5.69 Å². The van der Waals surface area contributed by atoms with Crippen LogP contribution in [0.1, 0.15) is 51.0 Å². The van der Waals surface area contributed by atoms with Crippen molar-refractivity contribution in [1.29, 1.82) is 0 Å². The Bertz CT molecular complexity index is 464. The van der Waals surface area contributed by atoms with Gasteiger partial charge in [0, 0.05) is 25.0 Å². The molecule has 5 heteroatoms. The fourth-order valence-corrected chi connectivity index (χ4v) is 2.97. The van der Waals surface area contributed by atoms with E-state index in [1.54, 1.807) is 0 Å². The van der Waals surface area contributed by atoms with Crippen molar-refractivity contribution in [3.8, 4) is 0 Å². The first-order chi connectivity index (χ1) is 10.1. The predicted octanol–water partition coefficient (Wildman–Crippen LogP) is 2.01. The summed E-state index contributed by atoms with van der Waals surface area (Å²) in [7, 11) is 2.18. The third-order valence-electron chi connectivity index (χ3n) is 4.21. The minimum atomic E-state index is -0.0274. The lowest BCUT2D eigenvalue weighted by Crippen LogP contribution is -2.40. The first-order valence-electron chi connectivity index (χ1n) is 7.98. The number of aromatic nitrogens is 2. The van der Waals surface area contributed by atoms with Crippen LogP contribution in [-0.4, -0.2) is 52.7 Å². The maximum absolute atomic E-state index is 9.71. The van der Waals surface area contributed by atoms with Gasteiger partial charge in [0.1, 0.15) is 5.82 Å². The Balaban J connectivity index is 2.34. The van der Waals surface area contributed by atoms with E-state index in [4.69, 9.17) is 0 Å². The highest BCUT2D eigenvalue weighted by atomic mass is 16.3. The smallest absolute Gasteiger partial charge is 0.131 e. The number of rotatable bonds is 4. The van der Waals surface area contributed by atoms with E-state index in [9.17, 15) is 5.11 Å². The lowest BCUT2D eigenvalue weighted by atomic mass is 10.1. The number of hydrogen-bond acceptors (Lipinski definition) is 5. The maximum atomic E-state index is 9.71. The molecule has 21 heavy (non-hydrogen) atoms. The van der Waals surface area contributed by atoms with Crippen molar-refractivity contribution in [3.63, 3.8) is 0 Å². The second-order valence-corrected chi connectivity index (χ2v) is 6.24. The van der Waals surface area contributed by atoms with Gasteiger partial charge in [0.2, 0.25) is 0 Å². The largest absolute Gasteiger partial charge is 0.390 e. The minimum absolute atomic E-state index is 0.0274. The molecule has 118 valence electrons. The Labute approximate surface area is 128 Å². The highest BCUT2D eigenvalue weighted by molar-refractivity contribution is 5.50. The zero-order valence-corrected chi connectivity index (χ0v) is 13.7. The third-order valence-corrected chi connectivity index (χ3v) is 4.21. The van der Waals surface area contributed by atoms with Crippen LogP contribution in [-0.2, 0) is 6.61 Å². The minimum Gasteiger partial charge on any atom is -0.390 e. The molecule has 0 radical (unpaired) electrons. The van der Waals surface area contributed by atoms with Gasteiger partial charge in [0.15, 0.2) is 0 Å². The van der Waals surface area contributed by atoms with Gasteiger partial charge in [-0.1, -0.05) is 20.8 Å². The molecule has 0 aliphatic carbocycles. The fourth-order valence-electron chi connectivity index (χ4n) is 2.97. The van der Waals surface area contributed by atoms with E-state index in [1.165, 1.54) is 0 Å². The zero-order valence-electron chi connectivity index (χ0n) is 13.7. The van der Waals surface area contributed by atoms with E-state index in [2.05, 4.69) is 47.6 Å². The summed E-state index contributed by atoms with van der Waals surface area (Å²) in [6.45, 7) is 9.51. The van der Waals surface area contributed by atoms with Crippen LogP contribution in [0.4, 0.5) is 5.69 Å². The molecule has 1 aliphatic rings. The average molecular weight is 292 g/mol. The van der Waals surface area contributed by atoms with Crippen LogP contribution in [0.3, 0.4) is 0 Å². The molecule has 1 unspecified atom stereocenters. The Hall–Kier alpha value is -1.20. The first kappa shape index (κ1) is 16.2. The number of anilines is 1. The number of aliphatic hydroxyl groups excluding tert-OH is 1. The summed E-state index contributed by atoms with van der Waals surface area (Å²) < 4.78 is 0. The number of nitrogens with zero attached hydrogens (tertiary/aromatic N) is 4. The van der Waals surface area contributed by atoms with Crippen LogP contribution in [0, 0.1) is 0 Å². The average Bonchev–Trinajstić information content (AvgIpc) is 2.67. The molecule has 1 N–H and O–H groups in total. The van der Waals surface area contributed by atoms with Crippen LogP contribution in [0.2, 0.25) is 0 Å². The molecule has 0 aromatic carbocycles. The maximum Gasteiger partial charge on any atom is 0.131 e. The van der Waals surface area contributed by atoms with Gasteiger partial charge in [-0.05, 0) is 26.4 Å². The fraction of sp³-hybridized carbons (Fsp3) is 0.750. The topological polar surface area (TPSA) is 52.5 Å². The van der Waals surface area contributed by atoms with E-state index in [0.29, 0.717) is 6.04 Å². The van der Waals surface area contributed by atoms with E-state index in [0.717, 1.165) is 49.7 Å². The summed E-state index contributed by atoms with van der Waals surface area (Å²) in [6, 6.07) is 0.455. The molecule has 0 saturated carbocycles. The van der Waals surface area contributed by atoms with Crippen molar-refractivity contribution in [2.75, 3.05) is 31.6 Å². The molecule has 0 amide bonds. The van der Waals surface area contributed by atoms with Crippen molar-refractivity contribution < 1.29 is 5.11 Å². The monoisotopic (exact) mass is 292 g/mol. The van der Waals surface area contributed by atoms with E-state index < -0.39 is 0 Å². The van der Waals surface area contributed by atoms with Crippen LogP contribution < -0.4 is 4.90 Å². The van der Waals surface area contributed by atoms with Gasteiger partial charge in [-0.25, -0.2) is 9.97 Å². The normalized spacial score (nSPS) is 20.9. The Kier molecular flexibility index (Phi) is 5.53. The molecule has 2 rings (SSSR count). The highest BCUT2D eigenvalue weighted by Gasteiger charge is 2.25. The molecule has 1 aromatic rings. The van der Waals surface area contributed by atoms with Gasteiger partial charge in [-0.15, -0.1) is 0 Å². The first-order valence-corrected chi connectivity index (χ1v) is 7.98. The molecule has 2 heterocycles.